The molecule has 0 radical (unpaired) electrons. The molecule has 2 aromatic rings. The molecular formula is C14H9Br2F3O. The summed E-state index contributed by atoms with van der Waals surface area (Å²) in [5.41, 5.74) is 1.86. The molecule has 0 aromatic heterocycles. The highest BCUT2D eigenvalue weighted by atomic mass is 79.9. The first-order chi connectivity index (χ1) is 9.35. The fourth-order valence-corrected chi connectivity index (χ4v) is 2.54. The number of ether oxygens (including phenoxy) is 1. The van der Waals surface area contributed by atoms with E-state index in [1.807, 2.05) is 24.3 Å². The lowest BCUT2D eigenvalue weighted by Gasteiger charge is -2.13. The molecule has 0 saturated carbocycles. The van der Waals surface area contributed by atoms with Gasteiger partial charge in [-0.2, -0.15) is 0 Å². The summed E-state index contributed by atoms with van der Waals surface area (Å²) in [6.07, 6.45) is -4.67. The van der Waals surface area contributed by atoms with Crippen LogP contribution in [-0.4, -0.2) is 6.36 Å². The predicted octanol–water partition coefficient (Wildman–Crippen LogP) is 5.83. The van der Waals surface area contributed by atoms with Crippen LogP contribution in [0.4, 0.5) is 13.2 Å². The number of rotatable bonds is 3. The van der Waals surface area contributed by atoms with E-state index >= 15 is 0 Å². The summed E-state index contributed by atoms with van der Waals surface area (Å²) in [6.45, 7) is 0. The molecule has 0 saturated heterocycles. The van der Waals surface area contributed by atoms with Crippen LogP contribution >= 0.6 is 31.9 Å². The Labute approximate surface area is 131 Å². The summed E-state index contributed by atoms with van der Waals surface area (Å²) in [7, 11) is 0. The Balaban J connectivity index is 2.15. The molecular weight excluding hydrogens is 401 g/mol. The number of benzene rings is 2. The molecule has 1 nitrogen and oxygen atoms in total. The lowest BCUT2D eigenvalue weighted by atomic mass is 10.1. The van der Waals surface area contributed by atoms with Crippen LogP contribution < -0.4 is 4.74 Å². The molecule has 20 heavy (non-hydrogen) atoms. The lowest BCUT2D eigenvalue weighted by molar-refractivity contribution is -0.274. The molecule has 0 aliphatic carbocycles. The second-order valence-electron chi connectivity index (χ2n) is 4.03. The first-order valence-corrected chi connectivity index (χ1v) is 7.31. The molecule has 2 rings (SSSR count). The maximum Gasteiger partial charge on any atom is 0.573 e. The molecule has 106 valence electrons. The van der Waals surface area contributed by atoms with Gasteiger partial charge in [0.25, 0.3) is 0 Å². The van der Waals surface area contributed by atoms with Crippen LogP contribution in [0.2, 0.25) is 0 Å². The molecule has 1 unspecified atom stereocenters. The highest BCUT2D eigenvalue weighted by Gasteiger charge is 2.31. The van der Waals surface area contributed by atoms with Gasteiger partial charge in [0.2, 0.25) is 0 Å². The van der Waals surface area contributed by atoms with Crippen molar-refractivity contribution in [2.24, 2.45) is 0 Å². The van der Waals surface area contributed by atoms with Gasteiger partial charge in [0, 0.05) is 4.47 Å². The topological polar surface area (TPSA) is 9.23 Å². The van der Waals surface area contributed by atoms with E-state index < -0.39 is 6.36 Å². The molecule has 0 aliphatic rings. The Morgan fingerprint density at radius 2 is 1.30 bits per heavy atom. The van der Waals surface area contributed by atoms with Gasteiger partial charge in [-0.25, -0.2) is 0 Å². The van der Waals surface area contributed by atoms with Gasteiger partial charge in [-0.05, 0) is 35.4 Å². The zero-order valence-electron chi connectivity index (χ0n) is 9.99. The van der Waals surface area contributed by atoms with Gasteiger partial charge < -0.3 is 4.74 Å². The fraction of sp³-hybridized carbons (Fsp3) is 0.143. The van der Waals surface area contributed by atoms with E-state index in [0.717, 1.165) is 15.6 Å². The molecule has 2 aromatic carbocycles. The average molecular weight is 410 g/mol. The van der Waals surface area contributed by atoms with Crippen LogP contribution in [0.25, 0.3) is 0 Å². The molecule has 0 amide bonds. The Kier molecular flexibility index (Phi) is 4.75. The van der Waals surface area contributed by atoms with Gasteiger partial charge in [-0.3, -0.25) is 0 Å². The second-order valence-corrected chi connectivity index (χ2v) is 5.86. The van der Waals surface area contributed by atoms with Crippen molar-refractivity contribution in [3.63, 3.8) is 0 Å². The van der Waals surface area contributed by atoms with Crippen LogP contribution in [0.5, 0.6) is 5.75 Å². The van der Waals surface area contributed by atoms with Gasteiger partial charge in [0.05, 0.1) is 4.83 Å². The van der Waals surface area contributed by atoms with Gasteiger partial charge >= 0.3 is 6.36 Å². The lowest BCUT2D eigenvalue weighted by Crippen LogP contribution is -2.17. The average Bonchev–Trinajstić information content (AvgIpc) is 2.38. The zero-order valence-corrected chi connectivity index (χ0v) is 13.2. The van der Waals surface area contributed by atoms with Crippen molar-refractivity contribution in [3.05, 3.63) is 64.1 Å². The summed E-state index contributed by atoms with van der Waals surface area (Å²) < 4.78 is 41.0. The predicted molar refractivity (Wildman–Crippen MR) is 78.0 cm³/mol. The van der Waals surface area contributed by atoms with E-state index in [0.29, 0.717) is 0 Å². The van der Waals surface area contributed by atoms with Gasteiger partial charge in [-0.1, -0.05) is 56.1 Å². The van der Waals surface area contributed by atoms with Crippen molar-refractivity contribution >= 4 is 31.9 Å². The van der Waals surface area contributed by atoms with E-state index in [2.05, 4.69) is 36.6 Å². The number of halogens is 5. The van der Waals surface area contributed by atoms with Crippen LogP contribution in [-0.2, 0) is 0 Å². The molecule has 0 aliphatic heterocycles. The van der Waals surface area contributed by atoms with Crippen molar-refractivity contribution in [3.8, 4) is 5.75 Å². The van der Waals surface area contributed by atoms with Crippen LogP contribution in [0.15, 0.2) is 53.0 Å². The Bertz CT molecular complexity index is 564. The van der Waals surface area contributed by atoms with Gasteiger partial charge in [0.15, 0.2) is 0 Å². The highest BCUT2D eigenvalue weighted by molar-refractivity contribution is 9.10. The van der Waals surface area contributed by atoms with E-state index in [9.17, 15) is 13.2 Å². The summed E-state index contributed by atoms with van der Waals surface area (Å²) in [5, 5.41) is 0. The smallest absolute Gasteiger partial charge is 0.406 e. The minimum Gasteiger partial charge on any atom is -0.406 e. The van der Waals surface area contributed by atoms with Crippen LogP contribution in [0, 0.1) is 0 Å². The third kappa shape index (κ3) is 4.24. The maximum absolute atomic E-state index is 12.1. The molecule has 0 fully saturated rings. The van der Waals surface area contributed by atoms with Crippen molar-refractivity contribution < 1.29 is 17.9 Å². The summed E-state index contributed by atoms with van der Waals surface area (Å²) in [4.78, 5) is -0.0875. The summed E-state index contributed by atoms with van der Waals surface area (Å²) in [6, 6.07) is 13.5. The third-order valence-corrected chi connectivity index (χ3v) is 4.15. The molecule has 1 atom stereocenters. The number of hydrogen-bond donors (Lipinski definition) is 0. The minimum absolute atomic E-state index is 0.0875. The van der Waals surface area contributed by atoms with Crippen molar-refractivity contribution in [2.75, 3.05) is 0 Å². The highest BCUT2D eigenvalue weighted by Crippen LogP contribution is 2.33. The number of alkyl halides is 4. The van der Waals surface area contributed by atoms with E-state index in [1.165, 1.54) is 12.1 Å². The normalized spacial score (nSPS) is 13.1. The minimum atomic E-state index is -4.67. The van der Waals surface area contributed by atoms with E-state index in [4.69, 9.17) is 0 Å². The Hall–Kier alpha value is -1.01. The summed E-state index contributed by atoms with van der Waals surface area (Å²) in [5.74, 6) is -0.225. The SMILES string of the molecule is FC(F)(F)Oc1ccc(C(Br)c2ccc(Br)cc2)cc1. The fourth-order valence-electron chi connectivity index (χ4n) is 1.66. The van der Waals surface area contributed by atoms with Crippen molar-refractivity contribution in [2.45, 2.75) is 11.2 Å². The Morgan fingerprint density at radius 3 is 1.75 bits per heavy atom. The van der Waals surface area contributed by atoms with Gasteiger partial charge in [-0.15, -0.1) is 13.2 Å². The molecule has 0 heterocycles. The van der Waals surface area contributed by atoms with E-state index in [-0.39, 0.29) is 10.6 Å². The molecule has 0 bridgehead atoms. The second kappa shape index (κ2) is 6.18. The van der Waals surface area contributed by atoms with E-state index in [1.54, 1.807) is 12.1 Å². The monoisotopic (exact) mass is 408 g/mol. The first-order valence-electron chi connectivity index (χ1n) is 5.60. The zero-order chi connectivity index (χ0) is 14.8. The summed E-state index contributed by atoms with van der Waals surface area (Å²) >= 11 is 6.88. The van der Waals surface area contributed by atoms with Crippen molar-refractivity contribution in [1.29, 1.82) is 0 Å². The molecule has 0 spiro atoms. The van der Waals surface area contributed by atoms with Crippen LogP contribution in [0.3, 0.4) is 0 Å². The molecule has 0 N–H and O–H groups in total. The largest absolute Gasteiger partial charge is 0.573 e. The third-order valence-electron chi connectivity index (χ3n) is 2.57. The number of hydrogen-bond acceptors (Lipinski definition) is 1. The Morgan fingerprint density at radius 1 is 0.850 bits per heavy atom. The quantitative estimate of drug-likeness (QED) is 0.579. The molecule has 6 heteroatoms. The first kappa shape index (κ1) is 15.4. The van der Waals surface area contributed by atoms with Gasteiger partial charge in [0.1, 0.15) is 5.75 Å². The van der Waals surface area contributed by atoms with Crippen LogP contribution in [0.1, 0.15) is 16.0 Å². The maximum atomic E-state index is 12.1. The van der Waals surface area contributed by atoms with Crippen molar-refractivity contribution in [1.82, 2.24) is 0 Å². The standard InChI is InChI=1S/C14H9Br2F3O/c15-11-5-1-9(2-6-11)13(16)10-3-7-12(8-4-10)20-14(17,18)19/h1-8,13H.